The molecule has 1 aliphatic rings. The number of guanidine groups is 1. The molecular weight excluding hydrogens is 350 g/mol. The Morgan fingerprint density at radius 3 is 2.79 bits per heavy atom. The molecule has 1 fully saturated rings. The molecule has 0 aliphatic carbocycles. The molecule has 3 rings (SSSR count). The summed E-state index contributed by atoms with van der Waals surface area (Å²) in [5.41, 5.74) is 2.50. The van der Waals surface area contributed by atoms with Gasteiger partial charge in [0, 0.05) is 32.5 Å². The number of pyridine rings is 1. The predicted octanol–water partition coefficient (Wildman–Crippen LogP) is 2.63. The molecule has 0 radical (unpaired) electrons. The molecule has 0 bridgehead atoms. The number of aromatic nitrogens is 1. The molecule has 150 valence electrons. The molecule has 2 heterocycles. The van der Waals surface area contributed by atoms with Crippen molar-refractivity contribution in [1.82, 2.24) is 20.5 Å². The second-order valence-electron chi connectivity index (χ2n) is 7.03. The fraction of sp³-hybridized carbons (Fsp3) is 0.455. The van der Waals surface area contributed by atoms with Crippen LogP contribution >= 0.6 is 0 Å². The number of hydrogen-bond acceptors (Lipinski definition) is 4. The van der Waals surface area contributed by atoms with Gasteiger partial charge in [-0.05, 0) is 61.7 Å². The lowest BCUT2D eigenvalue weighted by Gasteiger charge is -2.29. The van der Waals surface area contributed by atoms with E-state index in [9.17, 15) is 0 Å². The average Bonchev–Trinajstić information content (AvgIpc) is 3.28. The Morgan fingerprint density at radius 1 is 1.21 bits per heavy atom. The first-order valence-electron chi connectivity index (χ1n) is 10.0. The van der Waals surface area contributed by atoms with Crippen molar-refractivity contribution in [2.24, 2.45) is 4.99 Å². The molecule has 6 nitrogen and oxygen atoms in total. The predicted molar refractivity (Wildman–Crippen MR) is 114 cm³/mol. The summed E-state index contributed by atoms with van der Waals surface area (Å²) in [5, 5.41) is 6.92. The Kier molecular flexibility index (Phi) is 7.67. The van der Waals surface area contributed by atoms with E-state index in [0.717, 1.165) is 44.3 Å². The van der Waals surface area contributed by atoms with Crippen molar-refractivity contribution < 1.29 is 4.74 Å². The summed E-state index contributed by atoms with van der Waals surface area (Å²) in [4.78, 5) is 11.1. The Balaban J connectivity index is 1.58. The zero-order chi connectivity index (χ0) is 19.6. The topological polar surface area (TPSA) is 61.8 Å². The summed E-state index contributed by atoms with van der Waals surface area (Å²) in [6.45, 7) is 3.89. The van der Waals surface area contributed by atoms with Gasteiger partial charge in [-0.25, -0.2) is 0 Å². The van der Waals surface area contributed by atoms with E-state index in [0.29, 0.717) is 6.04 Å². The van der Waals surface area contributed by atoms with Crippen LogP contribution in [0.2, 0.25) is 0 Å². The van der Waals surface area contributed by atoms with E-state index in [1.54, 1.807) is 13.3 Å². The number of likely N-dealkylation sites (tertiary alicyclic amines) is 1. The Labute approximate surface area is 168 Å². The van der Waals surface area contributed by atoms with Gasteiger partial charge in [-0.15, -0.1) is 0 Å². The highest BCUT2D eigenvalue weighted by molar-refractivity contribution is 5.79. The summed E-state index contributed by atoms with van der Waals surface area (Å²) >= 11 is 0. The standard InChI is InChI=1S/C22H31N5O/c1-23-22(25-12-10-18-7-6-11-24-16-18)26-17-21(27-13-3-4-14-27)19-8-5-9-20(15-19)28-2/h5-9,11,15-16,21H,3-4,10,12-14,17H2,1-2H3,(H2,23,25,26). The molecule has 28 heavy (non-hydrogen) atoms. The van der Waals surface area contributed by atoms with Gasteiger partial charge < -0.3 is 15.4 Å². The van der Waals surface area contributed by atoms with Gasteiger partial charge in [-0.2, -0.15) is 0 Å². The summed E-state index contributed by atoms with van der Waals surface area (Å²) in [6, 6.07) is 12.8. The van der Waals surface area contributed by atoms with Crippen molar-refractivity contribution in [3.8, 4) is 5.75 Å². The molecule has 1 unspecified atom stereocenters. The summed E-state index contributed by atoms with van der Waals surface area (Å²) in [7, 11) is 3.53. The third-order valence-electron chi connectivity index (χ3n) is 5.18. The van der Waals surface area contributed by atoms with Gasteiger partial charge in [0.25, 0.3) is 0 Å². The maximum Gasteiger partial charge on any atom is 0.191 e. The monoisotopic (exact) mass is 381 g/mol. The van der Waals surface area contributed by atoms with Crippen LogP contribution in [-0.4, -0.2) is 56.2 Å². The summed E-state index contributed by atoms with van der Waals surface area (Å²) < 4.78 is 5.43. The zero-order valence-corrected chi connectivity index (χ0v) is 16.9. The van der Waals surface area contributed by atoms with Crippen LogP contribution in [0.15, 0.2) is 53.8 Å². The highest BCUT2D eigenvalue weighted by atomic mass is 16.5. The molecule has 0 saturated carbocycles. The maximum absolute atomic E-state index is 5.43. The number of methoxy groups -OCH3 is 1. The minimum Gasteiger partial charge on any atom is -0.497 e. The van der Waals surface area contributed by atoms with Gasteiger partial charge in [-0.1, -0.05) is 18.2 Å². The smallest absolute Gasteiger partial charge is 0.191 e. The Morgan fingerprint density at radius 2 is 2.07 bits per heavy atom. The molecule has 1 aliphatic heterocycles. The van der Waals surface area contributed by atoms with Crippen molar-refractivity contribution in [1.29, 1.82) is 0 Å². The Hall–Kier alpha value is -2.60. The van der Waals surface area contributed by atoms with Gasteiger partial charge in [0.1, 0.15) is 5.75 Å². The van der Waals surface area contributed by atoms with Gasteiger partial charge >= 0.3 is 0 Å². The van der Waals surface area contributed by atoms with Crippen molar-refractivity contribution in [3.05, 3.63) is 59.9 Å². The number of nitrogens with one attached hydrogen (secondary N) is 2. The molecule has 0 amide bonds. The maximum atomic E-state index is 5.43. The van der Waals surface area contributed by atoms with Crippen LogP contribution in [0.3, 0.4) is 0 Å². The first-order chi connectivity index (χ1) is 13.8. The SMILES string of the molecule is CN=C(NCCc1cccnc1)NCC(c1cccc(OC)c1)N1CCCC1. The van der Waals surface area contributed by atoms with Crippen LogP contribution in [0.1, 0.15) is 30.0 Å². The second kappa shape index (κ2) is 10.7. The number of nitrogens with zero attached hydrogens (tertiary/aromatic N) is 3. The van der Waals surface area contributed by atoms with E-state index in [-0.39, 0.29) is 0 Å². The lowest BCUT2D eigenvalue weighted by Crippen LogP contribution is -2.43. The molecule has 6 heteroatoms. The first kappa shape index (κ1) is 20.1. The first-order valence-corrected chi connectivity index (χ1v) is 10.0. The normalized spacial score (nSPS) is 16.0. The quantitative estimate of drug-likeness (QED) is 0.544. The van der Waals surface area contributed by atoms with Gasteiger partial charge in [0.15, 0.2) is 5.96 Å². The molecule has 1 aromatic heterocycles. The highest BCUT2D eigenvalue weighted by Crippen LogP contribution is 2.27. The average molecular weight is 382 g/mol. The number of benzene rings is 1. The van der Waals surface area contributed by atoms with E-state index < -0.39 is 0 Å². The summed E-state index contributed by atoms with van der Waals surface area (Å²) in [5.74, 6) is 1.73. The molecule has 1 saturated heterocycles. The van der Waals surface area contributed by atoms with Crippen LogP contribution in [0, 0.1) is 0 Å². The minimum absolute atomic E-state index is 0.300. The van der Waals surface area contributed by atoms with E-state index in [2.05, 4.69) is 49.8 Å². The van der Waals surface area contributed by atoms with Crippen LogP contribution < -0.4 is 15.4 Å². The molecular formula is C22H31N5O. The highest BCUT2D eigenvalue weighted by Gasteiger charge is 2.24. The second-order valence-corrected chi connectivity index (χ2v) is 7.03. The van der Waals surface area contributed by atoms with Crippen LogP contribution in [0.4, 0.5) is 0 Å². The van der Waals surface area contributed by atoms with Gasteiger partial charge in [0.05, 0.1) is 13.2 Å². The third-order valence-corrected chi connectivity index (χ3v) is 5.18. The summed E-state index contributed by atoms with van der Waals surface area (Å²) in [6.07, 6.45) is 7.15. The lowest BCUT2D eigenvalue weighted by molar-refractivity contribution is 0.245. The fourth-order valence-electron chi connectivity index (χ4n) is 3.65. The van der Waals surface area contributed by atoms with Crippen molar-refractivity contribution in [3.63, 3.8) is 0 Å². The largest absolute Gasteiger partial charge is 0.497 e. The van der Waals surface area contributed by atoms with Crippen LogP contribution in [0.25, 0.3) is 0 Å². The van der Waals surface area contributed by atoms with Crippen molar-refractivity contribution in [2.45, 2.75) is 25.3 Å². The number of ether oxygens (including phenoxy) is 1. The number of hydrogen-bond donors (Lipinski definition) is 2. The number of aliphatic imine (C=N–C) groups is 1. The van der Waals surface area contributed by atoms with Crippen molar-refractivity contribution >= 4 is 5.96 Å². The Bertz CT molecular complexity index is 744. The minimum atomic E-state index is 0.300. The van der Waals surface area contributed by atoms with Crippen LogP contribution in [-0.2, 0) is 6.42 Å². The molecule has 2 aromatic rings. The van der Waals surface area contributed by atoms with Crippen molar-refractivity contribution in [2.75, 3.05) is 40.3 Å². The lowest BCUT2D eigenvalue weighted by atomic mass is 10.1. The van der Waals surface area contributed by atoms with Crippen LogP contribution in [0.5, 0.6) is 5.75 Å². The zero-order valence-electron chi connectivity index (χ0n) is 16.9. The van der Waals surface area contributed by atoms with E-state index in [1.165, 1.54) is 24.0 Å². The number of rotatable bonds is 8. The van der Waals surface area contributed by atoms with E-state index >= 15 is 0 Å². The van der Waals surface area contributed by atoms with E-state index in [4.69, 9.17) is 4.74 Å². The fourth-order valence-corrected chi connectivity index (χ4v) is 3.65. The van der Waals surface area contributed by atoms with Gasteiger partial charge in [0.2, 0.25) is 0 Å². The molecule has 0 spiro atoms. The molecule has 1 atom stereocenters. The van der Waals surface area contributed by atoms with Gasteiger partial charge in [-0.3, -0.25) is 14.9 Å². The third kappa shape index (κ3) is 5.70. The van der Waals surface area contributed by atoms with E-state index in [1.807, 2.05) is 25.4 Å². The molecule has 2 N–H and O–H groups in total. The molecule has 1 aromatic carbocycles.